The number of hydrogen-bond donors (Lipinski definition) is 1. The van der Waals surface area contributed by atoms with E-state index in [1.54, 1.807) is 6.07 Å². The normalized spacial score (nSPS) is 20.9. The zero-order valence-electron chi connectivity index (χ0n) is 7.59. The molecule has 0 radical (unpaired) electrons. The van der Waals surface area contributed by atoms with Crippen molar-refractivity contribution in [3.8, 4) is 5.75 Å². The molecule has 2 nitrogen and oxygen atoms in total. The van der Waals surface area contributed by atoms with Gasteiger partial charge in [-0.05, 0) is 25.0 Å². The second kappa shape index (κ2) is 3.97. The molecule has 4 heteroatoms. The average Bonchev–Trinajstić information content (AvgIpc) is 2.29. The van der Waals surface area contributed by atoms with E-state index < -0.39 is 0 Å². The highest BCUT2D eigenvalue weighted by molar-refractivity contribution is 6.35. The maximum atomic E-state index is 6.02. The van der Waals surface area contributed by atoms with Crippen LogP contribution in [0.25, 0.3) is 0 Å². The minimum absolute atomic E-state index is 0.0244. The van der Waals surface area contributed by atoms with Gasteiger partial charge in [-0.25, -0.2) is 0 Å². The zero-order valence-corrected chi connectivity index (χ0v) is 9.11. The molecule has 1 atom stereocenters. The molecule has 0 bridgehead atoms. The van der Waals surface area contributed by atoms with Crippen LogP contribution >= 0.6 is 23.2 Å². The Morgan fingerprint density at radius 3 is 2.93 bits per heavy atom. The first kappa shape index (κ1) is 10.1. The van der Waals surface area contributed by atoms with Gasteiger partial charge in [-0.2, -0.15) is 0 Å². The van der Waals surface area contributed by atoms with Crippen molar-refractivity contribution in [3.63, 3.8) is 0 Å². The fourth-order valence-corrected chi connectivity index (χ4v) is 2.20. The van der Waals surface area contributed by atoms with E-state index in [1.165, 1.54) is 0 Å². The summed E-state index contributed by atoms with van der Waals surface area (Å²) in [5.74, 6) is 0.695. The molecule has 0 aromatic heterocycles. The summed E-state index contributed by atoms with van der Waals surface area (Å²) in [5.41, 5.74) is 6.90. The Labute approximate surface area is 92.9 Å². The Morgan fingerprint density at radius 1 is 1.36 bits per heavy atom. The molecule has 0 aliphatic carbocycles. The van der Waals surface area contributed by atoms with Gasteiger partial charge < -0.3 is 10.5 Å². The van der Waals surface area contributed by atoms with Gasteiger partial charge in [-0.3, -0.25) is 0 Å². The second-order valence-electron chi connectivity index (χ2n) is 3.40. The van der Waals surface area contributed by atoms with Crippen LogP contribution in [0.15, 0.2) is 12.1 Å². The van der Waals surface area contributed by atoms with Crippen molar-refractivity contribution in [1.82, 2.24) is 0 Å². The number of rotatable bonds is 0. The molecule has 1 heterocycles. The highest BCUT2D eigenvalue weighted by atomic mass is 35.5. The number of fused-ring (bicyclic) bond motifs is 1. The van der Waals surface area contributed by atoms with E-state index in [2.05, 4.69) is 0 Å². The highest BCUT2D eigenvalue weighted by Crippen LogP contribution is 2.38. The van der Waals surface area contributed by atoms with Crippen LogP contribution in [0.5, 0.6) is 5.75 Å². The van der Waals surface area contributed by atoms with Gasteiger partial charge in [-0.1, -0.05) is 23.2 Å². The summed E-state index contributed by atoms with van der Waals surface area (Å²) < 4.78 is 5.53. The molecule has 0 saturated heterocycles. The molecule has 0 amide bonds. The molecular weight excluding hydrogens is 221 g/mol. The summed E-state index contributed by atoms with van der Waals surface area (Å²) in [6, 6.07) is 3.49. The van der Waals surface area contributed by atoms with Crippen LogP contribution in [-0.2, 0) is 0 Å². The maximum Gasteiger partial charge on any atom is 0.142 e. The van der Waals surface area contributed by atoms with E-state index >= 15 is 0 Å². The SMILES string of the molecule is N[C@@H]1CCCOc2c(Cl)cc(Cl)cc21. The predicted octanol–water partition coefficient (Wildman–Crippen LogP) is 3.17. The third-order valence-electron chi connectivity index (χ3n) is 2.34. The van der Waals surface area contributed by atoms with Crippen molar-refractivity contribution in [2.24, 2.45) is 5.73 Å². The van der Waals surface area contributed by atoms with E-state index in [9.17, 15) is 0 Å². The van der Waals surface area contributed by atoms with E-state index in [-0.39, 0.29) is 6.04 Å². The van der Waals surface area contributed by atoms with Crippen LogP contribution in [-0.4, -0.2) is 6.61 Å². The molecule has 0 spiro atoms. The topological polar surface area (TPSA) is 35.2 Å². The minimum atomic E-state index is -0.0244. The van der Waals surface area contributed by atoms with E-state index in [0.29, 0.717) is 22.4 Å². The largest absolute Gasteiger partial charge is 0.492 e. The predicted molar refractivity (Wildman–Crippen MR) is 58.1 cm³/mol. The second-order valence-corrected chi connectivity index (χ2v) is 4.25. The summed E-state index contributed by atoms with van der Waals surface area (Å²) in [7, 11) is 0. The Morgan fingerprint density at radius 2 is 2.14 bits per heavy atom. The summed E-state index contributed by atoms with van der Waals surface area (Å²) in [6.45, 7) is 0.669. The molecule has 0 unspecified atom stereocenters. The lowest BCUT2D eigenvalue weighted by Gasteiger charge is -2.13. The van der Waals surface area contributed by atoms with Gasteiger partial charge in [0.2, 0.25) is 0 Å². The van der Waals surface area contributed by atoms with Gasteiger partial charge in [0.05, 0.1) is 11.6 Å². The monoisotopic (exact) mass is 231 g/mol. The third kappa shape index (κ3) is 1.83. The fourth-order valence-electron chi connectivity index (χ4n) is 1.64. The average molecular weight is 232 g/mol. The molecule has 2 N–H and O–H groups in total. The van der Waals surface area contributed by atoms with Crippen LogP contribution in [0.4, 0.5) is 0 Å². The van der Waals surface area contributed by atoms with E-state index in [4.69, 9.17) is 33.7 Å². The van der Waals surface area contributed by atoms with Gasteiger partial charge in [0.25, 0.3) is 0 Å². The van der Waals surface area contributed by atoms with Crippen molar-refractivity contribution in [2.75, 3.05) is 6.61 Å². The first-order valence-corrected chi connectivity index (χ1v) is 5.31. The number of halogens is 2. The summed E-state index contributed by atoms with van der Waals surface area (Å²) in [6.07, 6.45) is 1.85. The lowest BCUT2D eigenvalue weighted by Crippen LogP contribution is -2.09. The molecule has 1 aromatic rings. The van der Waals surface area contributed by atoms with Gasteiger partial charge in [-0.15, -0.1) is 0 Å². The molecule has 0 saturated carbocycles. The number of ether oxygens (including phenoxy) is 1. The molecule has 2 rings (SSSR count). The van der Waals surface area contributed by atoms with Crippen LogP contribution in [0.3, 0.4) is 0 Å². The Balaban J connectivity index is 2.53. The number of hydrogen-bond acceptors (Lipinski definition) is 2. The Bertz CT molecular complexity index is 354. The molecule has 0 fully saturated rings. The third-order valence-corrected chi connectivity index (χ3v) is 2.84. The first-order valence-electron chi connectivity index (χ1n) is 4.56. The smallest absolute Gasteiger partial charge is 0.142 e. The molecule has 14 heavy (non-hydrogen) atoms. The van der Waals surface area contributed by atoms with Crippen LogP contribution in [0, 0.1) is 0 Å². The van der Waals surface area contributed by atoms with Crippen LogP contribution < -0.4 is 10.5 Å². The number of nitrogens with two attached hydrogens (primary N) is 1. The van der Waals surface area contributed by atoms with Gasteiger partial charge in [0, 0.05) is 16.6 Å². The number of benzene rings is 1. The van der Waals surface area contributed by atoms with Crippen molar-refractivity contribution >= 4 is 23.2 Å². The molecule has 1 aliphatic rings. The van der Waals surface area contributed by atoms with Crippen molar-refractivity contribution < 1.29 is 4.74 Å². The zero-order chi connectivity index (χ0) is 10.1. The van der Waals surface area contributed by atoms with Crippen molar-refractivity contribution in [1.29, 1.82) is 0 Å². The highest BCUT2D eigenvalue weighted by Gasteiger charge is 2.19. The maximum absolute atomic E-state index is 6.02. The van der Waals surface area contributed by atoms with E-state index in [1.807, 2.05) is 6.07 Å². The minimum Gasteiger partial charge on any atom is -0.492 e. The molecule has 1 aromatic carbocycles. The van der Waals surface area contributed by atoms with Gasteiger partial charge in [0.1, 0.15) is 5.75 Å². The molecular formula is C10H11Cl2NO. The van der Waals surface area contributed by atoms with Crippen molar-refractivity contribution in [3.05, 3.63) is 27.7 Å². The molecule has 76 valence electrons. The first-order chi connectivity index (χ1) is 6.68. The molecule has 1 aliphatic heterocycles. The Kier molecular flexibility index (Phi) is 2.86. The van der Waals surface area contributed by atoms with Gasteiger partial charge in [0.15, 0.2) is 0 Å². The lowest BCUT2D eigenvalue weighted by atomic mass is 10.0. The summed E-state index contributed by atoms with van der Waals surface area (Å²) in [4.78, 5) is 0. The fraction of sp³-hybridized carbons (Fsp3) is 0.400. The quantitative estimate of drug-likeness (QED) is 0.745. The Hall–Kier alpha value is -0.440. The standard InChI is InChI=1S/C10H11Cl2NO/c11-6-4-7-9(13)2-1-3-14-10(7)8(12)5-6/h4-5,9H,1-3,13H2/t9-/m1/s1. The van der Waals surface area contributed by atoms with Crippen molar-refractivity contribution in [2.45, 2.75) is 18.9 Å². The van der Waals surface area contributed by atoms with Crippen LogP contribution in [0.2, 0.25) is 10.0 Å². The van der Waals surface area contributed by atoms with Crippen LogP contribution in [0.1, 0.15) is 24.4 Å². The summed E-state index contributed by atoms with van der Waals surface area (Å²) in [5, 5.41) is 1.15. The lowest BCUT2D eigenvalue weighted by molar-refractivity contribution is 0.316. The summed E-state index contributed by atoms with van der Waals surface area (Å²) >= 11 is 11.9. The van der Waals surface area contributed by atoms with Gasteiger partial charge >= 0.3 is 0 Å². The van der Waals surface area contributed by atoms with E-state index in [0.717, 1.165) is 18.4 Å².